The molecule has 0 aliphatic rings. The van der Waals surface area contributed by atoms with E-state index in [9.17, 15) is 0 Å². The molecule has 0 radical (unpaired) electrons. The van der Waals surface area contributed by atoms with Crippen LogP contribution in [0.25, 0.3) is 82.1 Å². The Bertz CT molecular complexity index is 3350. The average Bonchev–Trinajstić information content (AvgIpc) is 3.79. The van der Waals surface area contributed by atoms with E-state index in [2.05, 4.69) is 146 Å². The van der Waals surface area contributed by atoms with Crippen molar-refractivity contribution in [1.82, 2.24) is 4.57 Å². The molecule has 3 nitrogen and oxygen atoms in total. The molecule has 266 valence electrons. The number of para-hydroxylation sites is 2. The molecule has 0 fully saturated rings. The van der Waals surface area contributed by atoms with E-state index in [1.165, 1.54) is 55.4 Å². The van der Waals surface area contributed by atoms with E-state index in [0.717, 1.165) is 55.3 Å². The number of fused-ring (bicyclic) bond motifs is 4. The number of furan rings is 1. The first-order valence-electron chi connectivity index (χ1n) is 19.0. The summed E-state index contributed by atoms with van der Waals surface area (Å²) in [5, 5.41) is 9.38. The van der Waals surface area contributed by atoms with Crippen LogP contribution in [0.1, 0.15) is 25.0 Å². The van der Waals surface area contributed by atoms with Crippen molar-refractivity contribution in [2.45, 2.75) is 13.8 Å². The summed E-state index contributed by atoms with van der Waals surface area (Å²) in [6.45, 7) is 4.43. The van der Waals surface area contributed by atoms with Gasteiger partial charge in [-0.05, 0) is 130 Å². The summed E-state index contributed by atoms with van der Waals surface area (Å²) in [7, 11) is 0. The molecule has 0 atom stereocenters. The van der Waals surface area contributed by atoms with Crippen molar-refractivity contribution in [2.24, 2.45) is 0 Å². The first-order valence-corrected chi connectivity index (χ1v) is 19.0. The van der Waals surface area contributed by atoms with Gasteiger partial charge in [0, 0.05) is 44.7 Å². The van der Waals surface area contributed by atoms with Crippen molar-refractivity contribution in [3.8, 4) is 5.69 Å². The monoisotopic (exact) mass is 722 g/mol. The largest absolute Gasteiger partial charge is 0.456 e. The molecule has 56 heavy (non-hydrogen) atoms. The van der Waals surface area contributed by atoms with E-state index < -0.39 is 0 Å². The maximum absolute atomic E-state index is 15.5. The molecule has 0 aliphatic heterocycles. The van der Waals surface area contributed by atoms with Crippen LogP contribution < -0.4 is 4.90 Å². The Hall–Kier alpha value is -7.17. The summed E-state index contributed by atoms with van der Waals surface area (Å²) >= 11 is 0. The minimum absolute atomic E-state index is 0.293. The van der Waals surface area contributed by atoms with Gasteiger partial charge in [-0.15, -0.1) is 0 Å². The lowest BCUT2D eigenvalue weighted by Gasteiger charge is -2.26. The topological polar surface area (TPSA) is 21.3 Å². The lowest BCUT2D eigenvalue weighted by Crippen LogP contribution is -2.11. The molecule has 2 heterocycles. The second-order valence-corrected chi connectivity index (χ2v) is 14.7. The Morgan fingerprint density at radius 3 is 2.02 bits per heavy atom. The molecule has 0 N–H and O–H groups in total. The van der Waals surface area contributed by atoms with Crippen molar-refractivity contribution in [3.05, 3.63) is 193 Å². The predicted octanol–water partition coefficient (Wildman–Crippen LogP) is 15.0. The van der Waals surface area contributed by atoms with Crippen molar-refractivity contribution < 1.29 is 8.81 Å². The molecular weight excluding hydrogens is 688 g/mol. The van der Waals surface area contributed by atoms with Gasteiger partial charge in [-0.2, -0.15) is 0 Å². The predicted molar refractivity (Wildman–Crippen MR) is 234 cm³/mol. The Morgan fingerprint density at radius 2 is 1.16 bits per heavy atom. The molecule has 0 saturated carbocycles. The number of aromatic nitrogens is 1. The van der Waals surface area contributed by atoms with Crippen LogP contribution in [0.2, 0.25) is 0 Å². The Kier molecular flexibility index (Phi) is 7.17. The van der Waals surface area contributed by atoms with Gasteiger partial charge in [-0.3, -0.25) is 0 Å². The third kappa shape index (κ3) is 4.89. The van der Waals surface area contributed by atoms with Crippen molar-refractivity contribution >= 4 is 93.5 Å². The fourth-order valence-electron chi connectivity index (χ4n) is 8.80. The van der Waals surface area contributed by atoms with Crippen LogP contribution in [-0.2, 0) is 0 Å². The van der Waals surface area contributed by atoms with Gasteiger partial charge in [0.25, 0.3) is 0 Å². The van der Waals surface area contributed by atoms with Gasteiger partial charge in [-0.25, -0.2) is 4.39 Å². The number of rotatable bonds is 6. The molecule has 0 aliphatic carbocycles. The zero-order valence-electron chi connectivity index (χ0n) is 30.9. The van der Waals surface area contributed by atoms with E-state index in [4.69, 9.17) is 4.42 Å². The number of allylic oxidation sites excluding steroid dienone is 2. The highest BCUT2D eigenvalue weighted by atomic mass is 19.1. The molecule has 0 saturated heterocycles. The lowest BCUT2D eigenvalue weighted by atomic mass is 9.91. The summed E-state index contributed by atoms with van der Waals surface area (Å²) in [6, 6.07) is 60.4. The van der Waals surface area contributed by atoms with Gasteiger partial charge in [0.2, 0.25) is 0 Å². The number of halogens is 1. The SMILES string of the molecule is C/C(=C(/C)c1ccc2c3c1ccc1cccc(c13)n2-c1ccccc1)c1ccc2c(c1)oc1cc(N(c3ccc4ccccc4c3)c3ccccc3F)ccc12. The third-order valence-corrected chi connectivity index (χ3v) is 11.7. The number of hydrogen-bond donors (Lipinski definition) is 0. The zero-order chi connectivity index (χ0) is 37.5. The van der Waals surface area contributed by atoms with Gasteiger partial charge in [0.1, 0.15) is 17.0 Å². The van der Waals surface area contributed by atoms with E-state index >= 15 is 4.39 Å². The van der Waals surface area contributed by atoms with E-state index in [1.54, 1.807) is 6.07 Å². The summed E-state index contributed by atoms with van der Waals surface area (Å²) in [5.74, 6) is -0.293. The fraction of sp³-hybridized carbons (Fsp3) is 0.0385. The fourth-order valence-corrected chi connectivity index (χ4v) is 8.80. The van der Waals surface area contributed by atoms with Crippen LogP contribution in [0.3, 0.4) is 0 Å². The zero-order valence-corrected chi connectivity index (χ0v) is 30.9. The van der Waals surface area contributed by atoms with Crippen LogP contribution in [0.15, 0.2) is 180 Å². The molecule has 11 aromatic rings. The number of hydrogen-bond acceptors (Lipinski definition) is 2. The Morgan fingerprint density at radius 1 is 0.500 bits per heavy atom. The van der Waals surface area contributed by atoms with Crippen LogP contribution >= 0.6 is 0 Å². The van der Waals surface area contributed by atoms with Crippen LogP contribution in [0.5, 0.6) is 0 Å². The maximum atomic E-state index is 15.5. The maximum Gasteiger partial charge on any atom is 0.147 e. The summed E-state index contributed by atoms with van der Waals surface area (Å²) < 4.78 is 24.5. The highest BCUT2D eigenvalue weighted by molar-refractivity contribution is 6.26. The lowest BCUT2D eigenvalue weighted by molar-refractivity contribution is 0.628. The molecule has 2 aromatic heterocycles. The molecule has 0 unspecified atom stereocenters. The van der Waals surface area contributed by atoms with Crippen molar-refractivity contribution in [1.29, 1.82) is 0 Å². The van der Waals surface area contributed by atoms with Crippen LogP contribution in [-0.4, -0.2) is 4.57 Å². The summed E-state index contributed by atoms with van der Waals surface area (Å²) in [4.78, 5) is 1.97. The minimum atomic E-state index is -0.293. The van der Waals surface area contributed by atoms with Crippen molar-refractivity contribution in [3.63, 3.8) is 0 Å². The quantitative estimate of drug-likeness (QED) is 0.126. The Balaban J connectivity index is 1.02. The van der Waals surface area contributed by atoms with E-state index in [1.807, 2.05) is 41.3 Å². The van der Waals surface area contributed by atoms with Gasteiger partial charge in [0.05, 0.1) is 16.7 Å². The van der Waals surface area contributed by atoms with Crippen LogP contribution in [0, 0.1) is 5.82 Å². The highest BCUT2D eigenvalue weighted by Gasteiger charge is 2.21. The standard InChI is InChI=1S/C52H35FN2O/c1-32(33(2)41-27-28-48-52-44(41)25-20-35-13-10-18-47(51(35)52)55(48)38-14-4-3-5-15-38)36-21-24-42-43-26-23-40(31-50(43)56-49(42)30-36)54(46-17-9-8-16-45(46)53)39-22-19-34-11-6-7-12-37(34)29-39/h3-31H,1-2H3/b33-32+. The third-order valence-electron chi connectivity index (χ3n) is 11.7. The number of anilines is 3. The van der Waals surface area contributed by atoms with Gasteiger partial charge in [0.15, 0.2) is 0 Å². The minimum Gasteiger partial charge on any atom is -0.456 e. The second-order valence-electron chi connectivity index (χ2n) is 14.7. The van der Waals surface area contributed by atoms with Crippen LogP contribution in [0.4, 0.5) is 21.5 Å². The van der Waals surface area contributed by atoms with Gasteiger partial charge >= 0.3 is 0 Å². The number of benzene rings is 9. The first kappa shape index (κ1) is 32.3. The first-order chi connectivity index (χ1) is 27.5. The summed E-state index contributed by atoms with van der Waals surface area (Å²) in [5.41, 5.74) is 12.1. The highest BCUT2D eigenvalue weighted by Crippen LogP contribution is 2.44. The molecule has 4 heteroatoms. The molecule has 0 spiro atoms. The smallest absolute Gasteiger partial charge is 0.147 e. The summed E-state index contributed by atoms with van der Waals surface area (Å²) in [6.07, 6.45) is 0. The van der Waals surface area contributed by atoms with E-state index in [0.29, 0.717) is 5.69 Å². The molecule has 0 amide bonds. The number of nitrogens with zero attached hydrogens (tertiary/aromatic N) is 2. The molecule has 9 aromatic carbocycles. The molecule has 11 rings (SSSR count). The van der Waals surface area contributed by atoms with E-state index in [-0.39, 0.29) is 5.82 Å². The van der Waals surface area contributed by atoms with Gasteiger partial charge < -0.3 is 13.9 Å². The normalized spacial score (nSPS) is 12.5. The molecule has 0 bridgehead atoms. The average molecular weight is 723 g/mol. The molecular formula is C52H35FN2O. The Labute approximate surface area is 323 Å². The second kappa shape index (κ2) is 12.4. The van der Waals surface area contributed by atoms with Crippen molar-refractivity contribution in [2.75, 3.05) is 4.90 Å². The van der Waals surface area contributed by atoms with Gasteiger partial charge in [-0.1, -0.05) is 97.1 Å².